The molecular formula is C10H22N2O2. The molecular weight excluding hydrogens is 180 g/mol. The van der Waals surface area contributed by atoms with E-state index in [0.29, 0.717) is 12.8 Å². The highest BCUT2D eigenvalue weighted by atomic mass is 16.2. The number of carbonyl (C=O) groups is 2. The first-order valence-corrected chi connectivity index (χ1v) is 5.15. The minimum absolute atomic E-state index is 0.127. The van der Waals surface area contributed by atoms with Crippen LogP contribution < -0.4 is 10.6 Å². The predicted molar refractivity (Wildman–Crippen MR) is 57.9 cm³/mol. The lowest BCUT2D eigenvalue weighted by molar-refractivity contribution is -0.121. The van der Waals surface area contributed by atoms with Crippen LogP contribution in [0.2, 0.25) is 0 Å². The van der Waals surface area contributed by atoms with Crippen molar-refractivity contribution in [3.8, 4) is 0 Å². The number of rotatable bonds is 4. The van der Waals surface area contributed by atoms with Crippen LogP contribution in [-0.4, -0.2) is 24.9 Å². The summed E-state index contributed by atoms with van der Waals surface area (Å²) < 4.78 is 0. The van der Waals surface area contributed by atoms with Gasteiger partial charge in [0.05, 0.1) is 0 Å². The van der Waals surface area contributed by atoms with E-state index >= 15 is 0 Å². The minimum atomic E-state index is 0.127. The SMILES string of the molecule is CCNC(=O)CC.CCNC(=O)CC. The van der Waals surface area contributed by atoms with Crippen molar-refractivity contribution >= 4 is 11.8 Å². The summed E-state index contributed by atoms with van der Waals surface area (Å²) in [5.41, 5.74) is 0. The molecule has 84 valence electrons. The highest BCUT2D eigenvalue weighted by molar-refractivity contribution is 5.75. The molecule has 0 aliphatic heterocycles. The van der Waals surface area contributed by atoms with E-state index in [4.69, 9.17) is 0 Å². The van der Waals surface area contributed by atoms with E-state index in [2.05, 4.69) is 10.6 Å². The van der Waals surface area contributed by atoms with Crippen LogP contribution in [0.25, 0.3) is 0 Å². The van der Waals surface area contributed by atoms with E-state index in [0.717, 1.165) is 13.1 Å². The van der Waals surface area contributed by atoms with Gasteiger partial charge in [0.1, 0.15) is 0 Å². The van der Waals surface area contributed by atoms with Gasteiger partial charge in [-0.05, 0) is 13.8 Å². The molecule has 0 aromatic heterocycles. The molecule has 0 unspecified atom stereocenters. The fraction of sp³-hybridized carbons (Fsp3) is 0.800. The van der Waals surface area contributed by atoms with Crippen LogP contribution in [0.15, 0.2) is 0 Å². The first kappa shape index (κ1) is 15.4. The Hall–Kier alpha value is -1.06. The monoisotopic (exact) mass is 202 g/mol. The second-order valence-corrected chi connectivity index (χ2v) is 2.61. The third-order valence-electron chi connectivity index (χ3n) is 1.39. The fourth-order valence-corrected chi connectivity index (χ4v) is 0.644. The summed E-state index contributed by atoms with van der Waals surface area (Å²) >= 11 is 0. The molecule has 0 aromatic carbocycles. The van der Waals surface area contributed by atoms with Crippen molar-refractivity contribution in [2.75, 3.05) is 13.1 Å². The Bertz CT molecular complexity index is 140. The molecule has 0 rings (SSSR count). The Morgan fingerprint density at radius 3 is 1.14 bits per heavy atom. The third kappa shape index (κ3) is 13.5. The van der Waals surface area contributed by atoms with E-state index in [1.165, 1.54) is 0 Å². The summed E-state index contributed by atoms with van der Waals surface area (Å²) in [5.74, 6) is 0.255. The number of hydrogen-bond acceptors (Lipinski definition) is 2. The molecule has 14 heavy (non-hydrogen) atoms. The van der Waals surface area contributed by atoms with Crippen molar-refractivity contribution in [1.82, 2.24) is 10.6 Å². The molecule has 0 aromatic rings. The van der Waals surface area contributed by atoms with Gasteiger partial charge < -0.3 is 10.6 Å². The summed E-state index contributed by atoms with van der Waals surface area (Å²) in [6, 6.07) is 0. The zero-order valence-corrected chi connectivity index (χ0v) is 9.64. The second kappa shape index (κ2) is 11.9. The van der Waals surface area contributed by atoms with Crippen molar-refractivity contribution in [2.24, 2.45) is 0 Å². The van der Waals surface area contributed by atoms with Crippen LogP contribution in [0.1, 0.15) is 40.5 Å². The molecule has 2 amide bonds. The fourth-order valence-electron chi connectivity index (χ4n) is 0.644. The van der Waals surface area contributed by atoms with Crippen LogP contribution in [0.4, 0.5) is 0 Å². The topological polar surface area (TPSA) is 58.2 Å². The molecule has 0 saturated heterocycles. The average Bonchev–Trinajstić information content (AvgIpc) is 2.19. The first-order chi connectivity index (χ1) is 6.62. The number of amides is 2. The quantitative estimate of drug-likeness (QED) is 0.716. The average molecular weight is 202 g/mol. The van der Waals surface area contributed by atoms with Gasteiger partial charge in [0, 0.05) is 25.9 Å². The molecule has 0 spiro atoms. The van der Waals surface area contributed by atoms with E-state index in [9.17, 15) is 9.59 Å². The van der Waals surface area contributed by atoms with Crippen molar-refractivity contribution in [3.63, 3.8) is 0 Å². The predicted octanol–water partition coefficient (Wildman–Crippen LogP) is 1.06. The summed E-state index contributed by atoms with van der Waals surface area (Å²) in [6.07, 6.45) is 1.18. The second-order valence-electron chi connectivity index (χ2n) is 2.61. The Kier molecular flexibility index (Phi) is 13.1. The Morgan fingerprint density at radius 1 is 0.786 bits per heavy atom. The van der Waals surface area contributed by atoms with Gasteiger partial charge in [0.2, 0.25) is 11.8 Å². The van der Waals surface area contributed by atoms with Gasteiger partial charge in [0.25, 0.3) is 0 Å². The molecule has 4 nitrogen and oxygen atoms in total. The van der Waals surface area contributed by atoms with E-state index in [-0.39, 0.29) is 11.8 Å². The van der Waals surface area contributed by atoms with Gasteiger partial charge >= 0.3 is 0 Å². The maximum absolute atomic E-state index is 10.3. The van der Waals surface area contributed by atoms with Gasteiger partial charge in [-0.15, -0.1) is 0 Å². The molecule has 0 fully saturated rings. The van der Waals surface area contributed by atoms with Crippen molar-refractivity contribution in [1.29, 1.82) is 0 Å². The number of carbonyl (C=O) groups excluding carboxylic acids is 2. The van der Waals surface area contributed by atoms with Crippen molar-refractivity contribution < 1.29 is 9.59 Å². The lowest BCUT2D eigenvalue weighted by Crippen LogP contribution is -2.20. The molecule has 0 saturated carbocycles. The maximum Gasteiger partial charge on any atom is 0.219 e. The zero-order chi connectivity index (χ0) is 11.4. The summed E-state index contributed by atoms with van der Waals surface area (Å²) in [7, 11) is 0. The van der Waals surface area contributed by atoms with Crippen LogP contribution in [0, 0.1) is 0 Å². The smallest absolute Gasteiger partial charge is 0.219 e. The van der Waals surface area contributed by atoms with Gasteiger partial charge in [-0.25, -0.2) is 0 Å². The Morgan fingerprint density at radius 2 is 1.07 bits per heavy atom. The molecule has 0 aliphatic rings. The van der Waals surface area contributed by atoms with Crippen LogP contribution in [-0.2, 0) is 9.59 Å². The third-order valence-corrected chi connectivity index (χ3v) is 1.39. The number of hydrogen-bond donors (Lipinski definition) is 2. The summed E-state index contributed by atoms with van der Waals surface area (Å²) in [6.45, 7) is 8.98. The standard InChI is InChI=1S/2C5H11NO/c2*1-3-5(7)6-4-2/h2*3-4H2,1-2H3,(H,6,7). The highest BCUT2D eigenvalue weighted by Gasteiger charge is 1.88. The van der Waals surface area contributed by atoms with Gasteiger partial charge in [-0.1, -0.05) is 13.8 Å². The molecule has 0 radical (unpaired) electrons. The summed E-state index contributed by atoms with van der Waals surface area (Å²) in [4.78, 5) is 20.6. The molecule has 0 bridgehead atoms. The van der Waals surface area contributed by atoms with E-state index < -0.39 is 0 Å². The normalized spacial score (nSPS) is 8.29. The first-order valence-electron chi connectivity index (χ1n) is 5.15. The minimum Gasteiger partial charge on any atom is -0.356 e. The number of nitrogens with one attached hydrogen (secondary N) is 2. The molecule has 0 heterocycles. The van der Waals surface area contributed by atoms with Gasteiger partial charge in [-0.3, -0.25) is 9.59 Å². The molecule has 2 N–H and O–H groups in total. The Labute approximate surface area is 86.5 Å². The molecule has 0 aliphatic carbocycles. The summed E-state index contributed by atoms with van der Waals surface area (Å²) in [5, 5.41) is 5.31. The lowest BCUT2D eigenvalue weighted by Gasteiger charge is -1.93. The lowest BCUT2D eigenvalue weighted by atomic mass is 10.4. The van der Waals surface area contributed by atoms with Crippen LogP contribution in [0.3, 0.4) is 0 Å². The van der Waals surface area contributed by atoms with E-state index in [1.54, 1.807) is 0 Å². The van der Waals surface area contributed by atoms with Crippen molar-refractivity contribution in [2.45, 2.75) is 40.5 Å². The Balaban J connectivity index is 0. The maximum atomic E-state index is 10.3. The van der Waals surface area contributed by atoms with E-state index in [1.807, 2.05) is 27.7 Å². The highest BCUT2D eigenvalue weighted by Crippen LogP contribution is 1.71. The zero-order valence-electron chi connectivity index (χ0n) is 9.64. The van der Waals surface area contributed by atoms with Gasteiger partial charge in [-0.2, -0.15) is 0 Å². The molecule has 0 atom stereocenters. The van der Waals surface area contributed by atoms with Gasteiger partial charge in [0.15, 0.2) is 0 Å². The van der Waals surface area contributed by atoms with Crippen LogP contribution >= 0.6 is 0 Å². The van der Waals surface area contributed by atoms with Crippen LogP contribution in [0.5, 0.6) is 0 Å². The van der Waals surface area contributed by atoms with Crippen molar-refractivity contribution in [3.05, 3.63) is 0 Å². The largest absolute Gasteiger partial charge is 0.356 e. The molecule has 4 heteroatoms.